The highest BCUT2D eigenvalue weighted by atomic mass is 16.5. The number of ether oxygens (including phenoxy) is 1. The van der Waals surface area contributed by atoms with E-state index >= 15 is 0 Å². The number of hydrogen-bond acceptors (Lipinski definition) is 6. The van der Waals surface area contributed by atoms with Gasteiger partial charge in [-0.1, -0.05) is 19.0 Å². The summed E-state index contributed by atoms with van der Waals surface area (Å²) in [5.74, 6) is 2.61. The number of aryl methyl sites for hydroxylation is 2. The van der Waals surface area contributed by atoms with Gasteiger partial charge in [0.25, 0.3) is 5.91 Å². The highest BCUT2D eigenvalue weighted by molar-refractivity contribution is 5.95. The number of nitrogens with zero attached hydrogens (tertiary/aromatic N) is 2. The minimum Gasteiger partial charge on any atom is -0.466 e. The quantitative estimate of drug-likeness (QED) is 0.892. The number of aromatic nitrogens is 2. The van der Waals surface area contributed by atoms with Gasteiger partial charge in [-0.15, -0.1) is 0 Å². The van der Waals surface area contributed by atoms with Crippen LogP contribution in [0.25, 0.3) is 0 Å². The molecule has 3 rings (SSSR count). The van der Waals surface area contributed by atoms with Crippen molar-refractivity contribution in [1.82, 2.24) is 15.5 Å². The first-order valence-corrected chi connectivity index (χ1v) is 8.75. The van der Waals surface area contributed by atoms with Crippen molar-refractivity contribution in [2.24, 2.45) is 5.92 Å². The molecule has 136 valence electrons. The molecule has 3 heterocycles. The molecule has 1 aliphatic rings. The van der Waals surface area contributed by atoms with E-state index in [4.69, 9.17) is 13.7 Å². The van der Waals surface area contributed by atoms with Gasteiger partial charge in [0.1, 0.15) is 17.6 Å². The first-order valence-electron chi connectivity index (χ1n) is 8.75. The van der Waals surface area contributed by atoms with E-state index < -0.39 is 0 Å². The first-order chi connectivity index (χ1) is 12.0. The number of amides is 1. The van der Waals surface area contributed by atoms with Crippen LogP contribution in [0, 0.1) is 19.8 Å². The number of rotatable bonds is 5. The van der Waals surface area contributed by atoms with Crippen LogP contribution in [0.4, 0.5) is 0 Å². The van der Waals surface area contributed by atoms with Gasteiger partial charge in [0.05, 0.1) is 5.56 Å². The SMILES string of the molecule is Cc1cc(C(=O)N[C@H](c2nc(C(C)C)no2)C2CCOCC2)c(C)o1. The average molecular weight is 347 g/mol. The van der Waals surface area contributed by atoms with E-state index in [9.17, 15) is 4.79 Å². The number of furan rings is 1. The summed E-state index contributed by atoms with van der Waals surface area (Å²) in [7, 11) is 0. The number of carbonyl (C=O) groups excluding carboxylic acids is 1. The summed E-state index contributed by atoms with van der Waals surface area (Å²) in [6, 6.07) is 1.42. The molecule has 1 fully saturated rings. The van der Waals surface area contributed by atoms with Gasteiger partial charge in [0.2, 0.25) is 5.89 Å². The maximum absolute atomic E-state index is 12.8. The van der Waals surface area contributed by atoms with E-state index in [2.05, 4.69) is 15.5 Å². The lowest BCUT2D eigenvalue weighted by Crippen LogP contribution is -2.36. The zero-order valence-electron chi connectivity index (χ0n) is 15.2. The Bertz CT molecular complexity index is 729. The molecule has 2 aromatic rings. The van der Waals surface area contributed by atoms with E-state index in [1.54, 1.807) is 13.0 Å². The molecule has 0 spiro atoms. The lowest BCUT2D eigenvalue weighted by atomic mass is 9.91. The van der Waals surface area contributed by atoms with Crippen LogP contribution < -0.4 is 5.32 Å². The van der Waals surface area contributed by atoms with E-state index in [-0.39, 0.29) is 23.8 Å². The molecule has 0 saturated carbocycles. The van der Waals surface area contributed by atoms with Crippen molar-refractivity contribution in [1.29, 1.82) is 0 Å². The molecule has 7 heteroatoms. The lowest BCUT2D eigenvalue weighted by molar-refractivity contribution is 0.0467. The van der Waals surface area contributed by atoms with Crippen molar-refractivity contribution >= 4 is 5.91 Å². The van der Waals surface area contributed by atoms with Crippen molar-refractivity contribution < 1.29 is 18.5 Å². The third-order valence-electron chi connectivity index (χ3n) is 4.55. The fourth-order valence-corrected chi connectivity index (χ4v) is 3.11. The highest BCUT2D eigenvalue weighted by Gasteiger charge is 2.32. The minimum absolute atomic E-state index is 0.169. The molecular formula is C18H25N3O4. The minimum atomic E-state index is -0.328. The van der Waals surface area contributed by atoms with Crippen molar-refractivity contribution in [2.45, 2.75) is 52.5 Å². The maximum Gasteiger partial charge on any atom is 0.255 e. The maximum atomic E-state index is 12.8. The van der Waals surface area contributed by atoms with E-state index in [1.165, 1.54) is 0 Å². The van der Waals surface area contributed by atoms with Gasteiger partial charge in [-0.05, 0) is 38.7 Å². The van der Waals surface area contributed by atoms with Crippen LogP contribution in [-0.4, -0.2) is 29.3 Å². The summed E-state index contributed by atoms with van der Waals surface area (Å²) in [5.41, 5.74) is 0.540. The average Bonchev–Trinajstić information content (AvgIpc) is 3.20. The standard InChI is InChI=1S/C18H25N3O4/c1-10(2)16-20-18(25-21-16)15(13-5-7-23-8-6-13)19-17(22)14-9-11(3)24-12(14)4/h9-10,13,15H,5-8H2,1-4H3,(H,19,22)/t15-/m0/s1. The van der Waals surface area contributed by atoms with Gasteiger partial charge in [0.15, 0.2) is 5.82 Å². The van der Waals surface area contributed by atoms with Crippen LogP contribution in [0.15, 0.2) is 15.0 Å². The number of nitrogens with one attached hydrogen (secondary N) is 1. The van der Waals surface area contributed by atoms with Gasteiger partial charge in [-0.25, -0.2) is 0 Å². The largest absolute Gasteiger partial charge is 0.466 e. The molecule has 0 radical (unpaired) electrons. The lowest BCUT2D eigenvalue weighted by Gasteiger charge is -2.28. The molecule has 0 unspecified atom stereocenters. The van der Waals surface area contributed by atoms with E-state index in [0.29, 0.717) is 42.0 Å². The van der Waals surface area contributed by atoms with Gasteiger partial charge in [-0.3, -0.25) is 4.79 Å². The second-order valence-corrected chi connectivity index (χ2v) is 6.87. The number of carbonyl (C=O) groups is 1. The fraction of sp³-hybridized carbons (Fsp3) is 0.611. The highest BCUT2D eigenvalue weighted by Crippen LogP contribution is 2.30. The Morgan fingerprint density at radius 3 is 2.56 bits per heavy atom. The summed E-state index contributed by atoms with van der Waals surface area (Å²) >= 11 is 0. The first kappa shape index (κ1) is 17.7. The Kier molecular flexibility index (Phi) is 5.22. The third-order valence-corrected chi connectivity index (χ3v) is 4.55. The van der Waals surface area contributed by atoms with Crippen LogP contribution in [0.1, 0.15) is 72.2 Å². The molecular weight excluding hydrogens is 322 g/mol. The molecule has 1 amide bonds. The van der Waals surface area contributed by atoms with Crippen LogP contribution in [-0.2, 0) is 4.74 Å². The van der Waals surface area contributed by atoms with Crippen LogP contribution in [0.3, 0.4) is 0 Å². The second-order valence-electron chi connectivity index (χ2n) is 6.87. The van der Waals surface area contributed by atoms with Crippen LogP contribution in [0.2, 0.25) is 0 Å². The molecule has 0 aliphatic carbocycles. The monoisotopic (exact) mass is 347 g/mol. The predicted molar refractivity (Wildman–Crippen MR) is 90.3 cm³/mol. The Balaban J connectivity index is 1.85. The Morgan fingerprint density at radius 1 is 1.28 bits per heavy atom. The molecule has 1 aliphatic heterocycles. The molecule has 7 nitrogen and oxygen atoms in total. The van der Waals surface area contributed by atoms with Gasteiger partial charge < -0.3 is 19.0 Å². The molecule has 0 bridgehead atoms. The normalized spacial score (nSPS) is 17.0. The third kappa shape index (κ3) is 3.92. The zero-order chi connectivity index (χ0) is 18.0. The van der Waals surface area contributed by atoms with Crippen LogP contribution in [0.5, 0.6) is 0 Å². The van der Waals surface area contributed by atoms with E-state index in [0.717, 1.165) is 12.8 Å². The van der Waals surface area contributed by atoms with Gasteiger partial charge >= 0.3 is 0 Å². The molecule has 1 N–H and O–H groups in total. The summed E-state index contributed by atoms with van der Waals surface area (Å²) in [4.78, 5) is 17.3. The summed E-state index contributed by atoms with van der Waals surface area (Å²) in [6.07, 6.45) is 1.68. The Hall–Kier alpha value is -2.15. The smallest absolute Gasteiger partial charge is 0.255 e. The van der Waals surface area contributed by atoms with Crippen LogP contribution >= 0.6 is 0 Å². The molecule has 25 heavy (non-hydrogen) atoms. The Morgan fingerprint density at radius 2 is 2.00 bits per heavy atom. The molecule has 1 atom stereocenters. The predicted octanol–water partition coefficient (Wildman–Crippen LogP) is 3.30. The van der Waals surface area contributed by atoms with Gasteiger partial charge in [0, 0.05) is 19.1 Å². The summed E-state index contributed by atoms with van der Waals surface area (Å²) in [6.45, 7) is 8.97. The molecule has 1 saturated heterocycles. The summed E-state index contributed by atoms with van der Waals surface area (Å²) in [5, 5.41) is 7.12. The molecule has 2 aromatic heterocycles. The molecule has 0 aromatic carbocycles. The van der Waals surface area contributed by atoms with E-state index in [1.807, 2.05) is 20.8 Å². The van der Waals surface area contributed by atoms with Gasteiger partial charge in [-0.2, -0.15) is 4.98 Å². The fourth-order valence-electron chi connectivity index (χ4n) is 3.11. The van der Waals surface area contributed by atoms with Crippen molar-refractivity contribution in [3.63, 3.8) is 0 Å². The van der Waals surface area contributed by atoms with Crippen molar-refractivity contribution in [3.8, 4) is 0 Å². The Labute approximate surface area is 147 Å². The summed E-state index contributed by atoms with van der Waals surface area (Å²) < 4.78 is 16.4. The van der Waals surface area contributed by atoms with Crippen molar-refractivity contribution in [2.75, 3.05) is 13.2 Å². The second kappa shape index (κ2) is 7.39. The topological polar surface area (TPSA) is 90.4 Å². The van der Waals surface area contributed by atoms with Crippen molar-refractivity contribution in [3.05, 3.63) is 34.9 Å². The number of hydrogen-bond donors (Lipinski definition) is 1. The zero-order valence-corrected chi connectivity index (χ0v) is 15.2.